The minimum Gasteiger partial charge on any atom is -0.412 e. The summed E-state index contributed by atoms with van der Waals surface area (Å²) < 4.78 is 21.6. The van der Waals surface area contributed by atoms with E-state index in [2.05, 4.69) is 4.98 Å². The van der Waals surface area contributed by atoms with Gasteiger partial charge in [0.2, 0.25) is 0 Å². The van der Waals surface area contributed by atoms with E-state index in [0.717, 1.165) is 0 Å². The molecule has 0 unspecified atom stereocenters. The Labute approximate surface area is 65.1 Å². The van der Waals surface area contributed by atoms with Crippen LogP contribution in [0, 0.1) is 0 Å². The molecule has 0 radical (unpaired) electrons. The fourth-order valence-electron chi connectivity index (χ4n) is 0.585. The molecular weight excluding hydrogens is 166 g/mol. The molecule has 0 aromatic carbocycles. The fraction of sp³-hybridized carbons (Fsp3) is 0.167. The highest BCUT2D eigenvalue weighted by Gasteiger charge is 2.03. The SMILES string of the molecule is CS(=O)(=O)c1ccncc1.O. The molecule has 0 saturated heterocycles. The quantitative estimate of drug-likeness (QED) is 0.585. The van der Waals surface area contributed by atoms with Crippen LogP contribution >= 0.6 is 0 Å². The van der Waals surface area contributed by atoms with Crippen molar-refractivity contribution in [2.75, 3.05) is 6.26 Å². The molecule has 1 aromatic rings. The molecule has 0 spiro atoms. The summed E-state index contributed by atoms with van der Waals surface area (Å²) in [7, 11) is -3.04. The van der Waals surface area contributed by atoms with Gasteiger partial charge in [-0.25, -0.2) is 8.42 Å². The van der Waals surface area contributed by atoms with Gasteiger partial charge in [-0.15, -0.1) is 0 Å². The maximum Gasteiger partial charge on any atom is 0.175 e. The topological polar surface area (TPSA) is 78.5 Å². The van der Waals surface area contributed by atoms with Gasteiger partial charge in [0.15, 0.2) is 9.84 Å². The molecule has 0 fully saturated rings. The second-order valence-corrected chi connectivity index (χ2v) is 3.97. The van der Waals surface area contributed by atoms with Crippen molar-refractivity contribution in [3.8, 4) is 0 Å². The first-order valence-corrected chi connectivity index (χ1v) is 4.60. The van der Waals surface area contributed by atoms with Gasteiger partial charge < -0.3 is 5.48 Å². The summed E-state index contributed by atoms with van der Waals surface area (Å²) >= 11 is 0. The molecule has 62 valence electrons. The highest BCUT2D eigenvalue weighted by atomic mass is 32.2. The van der Waals surface area contributed by atoms with Crippen LogP contribution in [-0.2, 0) is 9.84 Å². The van der Waals surface area contributed by atoms with Crippen molar-refractivity contribution in [1.29, 1.82) is 0 Å². The zero-order valence-electron chi connectivity index (χ0n) is 5.98. The monoisotopic (exact) mass is 175 g/mol. The molecule has 2 N–H and O–H groups in total. The van der Waals surface area contributed by atoms with E-state index in [-0.39, 0.29) is 5.48 Å². The molecule has 4 nitrogen and oxygen atoms in total. The Balaban J connectivity index is 0.000001000. The maximum absolute atomic E-state index is 10.8. The molecule has 0 aliphatic carbocycles. The van der Waals surface area contributed by atoms with Crippen LogP contribution in [0.25, 0.3) is 0 Å². The number of pyridine rings is 1. The Morgan fingerprint density at radius 1 is 1.27 bits per heavy atom. The first-order chi connectivity index (χ1) is 4.61. The molecule has 1 heterocycles. The minimum absolute atomic E-state index is 0. The molecule has 11 heavy (non-hydrogen) atoms. The van der Waals surface area contributed by atoms with Gasteiger partial charge in [0.1, 0.15) is 0 Å². The van der Waals surface area contributed by atoms with Gasteiger partial charge >= 0.3 is 0 Å². The summed E-state index contributed by atoms with van der Waals surface area (Å²) in [5.41, 5.74) is 0. The minimum atomic E-state index is -3.04. The average molecular weight is 175 g/mol. The van der Waals surface area contributed by atoms with Crippen LogP contribution in [0.5, 0.6) is 0 Å². The first kappa shape index (κ1) is 10.1. The standard InChI is InChI=1S/C6H7NO2S.H2O/c1-10(8,9)6-2-4-7-5-3-6;/h2-5H,1H3;1H2. The lowest BCUT2D eigenvalue weighted by Crippen LogP contribution is -1.95. The summed E-state index contributed by atoms with van der Waals surface area (Å²) in [6.07, 6.45) is 4.08. The van der Waals surface area contributed by atoms with Crippen molar-refractivity contribution in [2.45, 2.75) is 4.90 Å². The normalized spacial score (nSPS) is 10.3. The van der Waals surface area contributed by atoms with E-state index in [9.17, 15) is 8.42 Å². The molecule has 0 saturated carbocycles. The van der Waals surface area contributed by atoms with E-state index in [4.69, 9.17) is 0 Å². The van der Waals surface area contributed by atoms with E-state index < -0.39 is 9.84 Å². The molecule has 0 aliphatic heterocycles. The van der Waals surface area contributed by atoms with Gasteiger partial charge in [0.05, 0.1) is 4.90 Å². The molecule has 0 bridgehead atoms. The highest BCUT2D eigenvalue weighted by molar-refractivity contribution is 7.90. The summed E-state index contributed by atoms with van der Waals surface area (Å²) in [5, 5.41) is 0. The number of hydrogen-bond donors (Lipinski definition) is 0. The third kappa shape index (κ3) is 2.65. The predicted octanol–water partition coefficient (Wildman–Crippen LogP) is -0.340. The van der Waals surface area contributed by atoms with Gasteiger partial charge in [0, 0.05) is 18.6 Å². The molecule has 1 rings (SSSR count). The average Bonchev–Trinajstić information content (AvgIpc) is 1.88. The lowest BCUT2D eigenvalue weighted by Gasteiger charge is -1.93. The predicted molar refractivity (Wildman–Crippen MR) is 41.0 cm³/mol. The van der Waals surface area contributed by atoms with E-state index in [0.29, 0.717) is 4.90 Å². The van der Waals surface area contributed by atoms with Gasteiger partial charge in [-0.1, -0.05) is 0 Å². The second kappa shape index (κ2) is 3.45. The van der Waals surface area contributed by atoms with Gasteiger partial charge in [-0.2, -0.15) is 0 Å². The van der Waals surface area contributed by atoms with Crippen molar-refractivity contribution in [2.24, 2.45) is 0 Å². The molecule has 0 aliphatic rings. The Kier molecular flexibility index (Phi) is 3.16. The van der Waals surface area contributed by atoms with Crippen LogP contribution in [0.4, 0.5) is 0 Å². The van der Waals surface area contributed by atoms with Crippen molar-refractivity contribution in [3.63, 3.8) is 0 Å². The largest absolute Gasteiger partial charge is 0.412 e. The zero-order valence-corrected chi connectivity index (χ0v) is 6.80. The second-order valence-electron chi connectivity index (χ2n) is 1.96. The van der Waals surface area contributed by atoms with E-state index in [1.807, 2.05) is 0 Å². The van der Waals surface area contributed by atoms with Crippen molar-refractivity contribution >= 4 is 9.84 Å². The number of hydrogen-bond acceptors (Lipinski definition) is 3. The number of aromatic nitrogens is 1. The number of nitrogens with zero attached hydrogens (tertiary/aromatic N) is 1. The summed E-state index contributed by atoms with van der Waals surface area (Å²) in [5.74, 6) is 0. The van der Waals surface area contributed by atoms with Crippen LogP contribution in [0.3, 0.4) is 0 Å². The van der Waals surface area contributed by atoms with E-state index >= 15 is 0 Å². The van der Waals surface area contributed by atoms with E-state index in [1.165, 1.54) is 30.8 Å². The van der Waals surface area contributed by atoms with Gasteiger partial charge in [-0.3, -0.25) is 4.98 Å². The van der Waals surface area contributed by atoms with Crippen LogP contribution in [0.1, 0.15) is 0 Å². The van der Waals surface area contributed by atoms with E-state index in [1.54, 1.807) is 0 Å². The Morgan fingerprint density at radius 2 is 1.73 bits per heavy atom. The van der Waals surface area contributed by atoms with Crippen molar-refractivity contribution < 1.29 is 13.9 Å². The zero-order chi connectivity index (χ0) is 7.61. The summed E-state index contributed by atoms with van der Waals surface area (Å²) in [6, 6.07) is 2.94. The Morgan fingerprint density at radius 3 is 2.00 bits per heavy atom. The third-order valence-electron chi connectivity index (χ3n) is 1.08. The lowest BCUT2D eigenvalue weighted by atomic mass is 10.5. The third-order valence-corrected chi connectivity index (χ3v) is 2.21. The maximum atomic E-state index is 10.8. The number of rotatable bonds is 1. The first-order valence-electron chi connectivity index (χ1n) is 2.71. The molecular formula is C6H9NO3S. The Bertz CT molecular complexity index is 306. The molecule has 5 heteroatoms. The van der Waals surface area contributed by atoms with Gasteiger partial charge in [0.25, 0.3) is 0 Å². The smallest absolute Gasteiger partial charge is 0.175 e. The summed E-state index contributed by atoms with van der Waals surface area (Å²) in [6.45, 7) is 0. The van der Waals surface area contributed by atoms with Crippen LogP contribution < -0.4 is 0 Å². The fourth-order valence-corrected chi connectivity index (χ4v) is 1.20. The number of sulfone groups is 1. The van der Waals surface area contributed by atoms with Crippen LogP contribution in [-0.4, -0.2) is 25.1 Å². The summed E-state index contributed by atoms with van der Waals surface area (Å²) in [4.78, 5) is 4.00. The van der Waals surface area contributed by atoms with Crippen molar-refractivity contribution in [3.05, 3.63) is 24.5 Å². The molecule has 1 aromatic heterocycles. The highest BCUT2D eigenvalue weighted by Crippen LogP contribution is 2.03. The Hall–Kier alpha value is -0.940. The molecule has 0 amide bonds. The van der Waals surface area contributed by atoms with Crippen molar-refractivity contribution in [1.82, 2.24) is 4.98 Å². The van der Waals surface area contributed by atoms with Gasteiger partial charge in [-0.05, 0) is 12.1 Å². The van der Waals surface area contributed by atoms with Crippen LogP contribution in [0.2, 0.25) is 0 Å². The van der Waals surface area contributed by atoms with Crippen LogP contribution in [0.15, 0.2) is 29.4 Å². The lowest BCUT2D eigenvalue weighted by molar-refractivity contribution is 0.601. The molecule has 0 atom stereocenters.